The smallest absolute Gasteiger partial charge is 0.250 e. The van der Waals surface area contributed by atoms with E-state index in [-0.39, 0.29) is 12.5 Å². The van der Waals surface area contributed by atoms with Crippen LogP contribution in [0.4, 0.5) is 5.69 Å². The van der Waals surface area contributed by atoms with Crippen LogP contribution >= 0.6 is 11.3 Å². The lowest BCUT2D eigenvalue weighted by Gasteiger charge is -2.05. The van der Waals surface area contributed by atoms with Crippen molar-refractivity contribution >= 4 is 22.9 Å². The van der Waals surface area contributed by atoms with Crippen molar-refractivity contribution < 1.29 is 9.53 Å². The third-order valence-electron chi connectivity index (χ3n) is 2.29. The summed E-state index contributed by atoms with van der Waals surface area (Å²) in [6.07, 6.45) is 0. The monoisotopic (exact) mass is 262 g/mol. The molecule has 1 aromatic carbocycles. The number of nitrogens with zero attached hydrogens (tertiary/aromatic N) is 1. The zero-order chi connectivity index (χ0) is 13.0. The highest BCUT2D eigenvalue weighted by atomic mass is 32.1. The van der Waals surface area contributed by atoms with Crippen LogP contribution in [0, 0.1) is 6.92 Å². The van der Waals surface area contributed by atoms with Gasteiger partial charge in [0.2, 0.25) is 5.91 Å². The molecular formula is C13H14N2O2S. The maximum Gasteiger partial charge on any atom is 0.250 e. The Morgan fingerprint density at radius 2 is 2.33 bits per heavy atom. The van der Waals surface area contributed by atoms with E-state index in [1.165, 1.54) is 7.11 Å². The lowest BCUT2D eigenvalue weighted by Crippen LogP contribution is -2.16. The van der Waals surface area contributed by atoms with Crippen molar-refractivity contribution in [1.82, 2.24) is 4.98 Å². The summed E-state index contributed by atoms with van der Waals surface area (Å²) in [6, 6.07) is 7.63. The molecule has 0 spiro atoms. The fraction of sp³-hybridized carbons (Fsp3) is 0.231. The quantitative estimate of drug-likeness (QED) is 0.921. The maximum atomic E-state index is 11.4. The summed E-state index contributed by atoms with van der Waals surface area (Å²) in [5, 5.41) is 5.73. The SMILES string of the molecule is COCC(=O)Nc1cccc(-c2nc(C)cs2)c1. The molecule has 0 saturated heterocycles. The number of aryl methyl sites for hydroxylation is 1. The zero-order valence-corrected chi connectivity index (χ0v) is 11.1. The number of hydrogen-bond donors (Lipinski definition) is 1. The van der Waals surface area contributed by atoms with E-state index >= 15 is 0 Å². The van der Waals surface area contributed by atoms with Gasteiger partial charge in [-0.15, -0.1) is 11.3 Å². The predicted molar refractivity (Wildman–Crippen MR) is 72.8 cm³/mol. The van der Waals surface area contributed by atoms with Gasteiger partial charge in [-0.25, -0.2) is 4.98 Å². The Labute approximate surface area is 110 Å². The third-order valence-corrected chi connectivity index (χ3v) is 3.30. The number of nitrogens with one attached hydrogen (secondary N) is 1. The molecular weight excluding hydrogens is 248 g/mol. The summed E-state index contributed by atoms with van der Waals surface area (Å²) < 4.78 is 4.77. The van der Waals surface area contributed by atoms with Crippen LogP contribution in [-0.4, -0.2) is 24.6 Å². The van der Waals surface area contributed by atoms with Gasteiger partial charge in [0.05, 0.1) is 0 Å². The van der Waals surface area contributed by atoms with Crippen LogP contribution in [0.2, 0.25) is 0 Å². The molecule has 0 aliphatic heterocycles. The first-order valence-electron chi connectivity index (χ1n) is 5.50. The van der Waals surface area contributed by atoms with Gasteiger partial charge in [-0.1, -0.05) is 12.1 Å². The number of thiazole rings is 1. The molecule has 2 rings (SSSR count). The fourth-order valence-electron chi connectivity index (χ4n) is 1.54. The minimum absolute atomic E-state index is 0.0561. The number of rotatable bonds is 4. The average molecular weight is 262 g/mol. The van der Waals surface area contributed by atoms with Crippen LogP contribution in [0.5, 0.6) is 0 Å². The molecule has 0 bridgehead atoms. The number of aromatic nitrogens is 1. The summed E-state index contributed by atoms with van der Waals surface area (Å²) in [5.74, 6) is -0.162. The van der Waals surface area contributed by atoms with Gasteiger partial charge in [-0.2, -0.15) is 0 Å². The second kappa shape index (κ2) is 5.75. The number of carbonyl (C=O) groups excluding carboxylic acids is 1. The van der Waals surface area contributed by atoms with E-state index in [4.69, 9.17) is 4.74 Å². The van der Waals surface area contributed by atoms with Gasteiger partial charge >= 0.3 is 0 Å². The Morgan fingerprint density at radius 3 is 3.00 bits per heavy atom. The van der Waals surface area contributed by atoms with Crippen molar-refractivity contribution in [2.45, 2.75) is 6.92 Å². The van der Waals surface area contributed by atoms with Gasteiger partial charge in [-0.3, -0.25) is 4.79 Å². The largest absolute Gasteiger partial charge is 0.375 e. The fourth-order valence-corrected chi connectivity index (χ4v) is 2.34. The molecule has 0 saturated carbocycles. The number of methoxy groups -OCH3 is 1. The summed E-state index contributed by atoms with van der Waals surface area (Å²) in [4.78, 5) is 15.8. The van der Waals surface area contributed by atoms with E-state index in [2.05, 4.69) is 10.3 Å². The highest BCUT2D eigenvalue weighted by Crippen LogP contribution is 2.25. The molecule has 1 N–H and O–H groups in total. The molecule has 1 amide bonds. The van der Waals surface area contributed by atoms with Crippen LogP contribution in [0.15, 0.2) is 29.6 Å². The first-order valence-corrected chi connectivity index (χ1v) is 6.38. The normalized spacial score (nSPS) is 10.3. The third kappa shape index (κ3) is 3.15. The van der Waals surface area contributed by atoms with E-state index in [1.54, 1.807) is 11.3 Å². The van der Waals surface area contributed by atoms with Gasteiger partial charge in [-0.05, 0) is 19.1 Å². The van der Waals surface area contributed by atoms with Gasteiger partial charge in [0.1, 0.15) is 11.6 Å². The van der Waals surface area contributed by atoms with Crippen molar-refractivity contribution in [3.8, 4) is 10.6 Å². The van der Waals surface area contributed by atoms with E-state index in [1.807, 2.05) is 36.6 Å². The first-order chi connectivity index (χ1) is 8.69. The zero-order valence-electron chi connectivity index (χ0n) is 10.3. The molecule has 1 aromatic heterocycles. The first kappa shape index (κ1) is 12.7. The molecule has 0 atom stereocenters. The minimum atomic E-state index is -0.162. The minimum Gasteiger partial charge on any atom is -0.375 e. The van der Waals surface area contributed by atoms with E-state index in [0.717, 1.165) is 22.0 Å². The number of carbonyl (C=O) groups is 1. The van der Waals surface area contributed by atoms with Crippen LogP contribution in [0.1, 0.15) is 5.69 Å². The highest BCUT2D eigenvalue weighted by Gasteiger charge is 2.05. The lowest BCUT2D eigenvalue weighted by atomic mass is 10.2. The molecule has 18 heavy (non-hydrogen) atoms. The van der Waals surface area contributed by atoms with Crippen LogP contribution in [0.3, 0.4) is 0 Å². The summed E-state index contributed by atoms with van der Waals surface area (Å²) >= 11 is 1.59. The second-order valence-electron chi connectivity index (χ2n) is 3.86. The van der Waals surface area contributed by atoms with Crippen molar-refractivity contribution in [2.24, 2.45) is 0 Å². The van der Waals surface area contributed by atoms with E-state index < -0.39 is 0 Å². The lowest BCUT2D eigenvalue weighted by molar-refractivity contribution is -0.119. The Kier molecular flexibility index (Phi) is 4.07. The maximum absolute atomic E-state index is 11.4. The molecule has 0 aliphatic carbocycles. The van der Waals surface area contributed by atoms with Crippen molar-refractivity contribution in [3.05, 3.63) is 35.3 Å². The molecule has 94 valence electrons. The molecule has 2 aromatic rings. The number of anilines is 1. The molecule has 0 fully saturated rings. The molecule has 0 radical (unpaired) electrons. The number of benzene rings is 1. The number of amides is 1. The van der Waals surface area contributed by atoms with E-state index in [0.29, 0.717) is 0 Å². The Balaban J connectivity index is 2.17. The summed E-state index contributed by atoms with van der Waals surface area (Å²) in [5.41, 5.74) is 2.76. The van der Waals surface area contributed by atoms with Crippen molar-refractivity contribution in [3.63, 3.8) is 0 Å². The summed E-state index contributed by atoms with van der Waals surface area (Å²) in [6.45, 7) is 2.02. The van der Waals surface area contributed by atoms with Crippen molar-refractivity contribution in [2.75, 3.05) is 19.0 Å². The Hall–Kier alpha value is -1.72. The van der Waals surface area contributed by atoms with Crippen LogP contribution in [0.25, 0.3) is 10.6 Å². The standard InChI is InChI=1S/C13H14N2O2S/c1-9-8-18-13(14-9)10-4-3-5-11(6-10)15-12(16)7-17-2/h3-6,8H,7H2,1-2H3,(H,15,16). The van der Waals surface area contributed by atoms with Crippen LogP contribution in [-0.2, 0) is 9.53 Å². The van der Waals surface area contributed by atoms with Gasteiger partial charge < -0.3 is 10.1 Å². The summed E-state index contributed by atoms with van der Waals surface area (Å²) in [7, 11) is 1.49. The molecule has 5 heteroatoms. The second-order valence-corrected chi connectivity index (χ2v) is 4.71. The van der Waals surface area contributed by atoms with Gasteiger partial charge in [0, 0.05) is 29.4 Å². The van der Waals surface area contributed by atoms with Crippen LogP contribution < -0.4 is 5.32 Å². The molecule has 0 aliphatic rings. The van der Waals surface area contributed by atoms with Gasteiger partial charge in [0.25, 0.3) is 0 Å². The Bertz CT molecular complexity index is 551. The Morgan fingerprint density at radius 1 is 1.50 bits per heavy atom. The average Bonchev–Trinajstić information content (AvgIpc) is 2.76. The van der Waals surface area contributed by atoms with Gasteiger partial charge in [0.15, 0.2) is 0 Å². The number of hydrogen-bond acceptors (Lipinski definition) is 4. The highest BCUT2D eigenvalue weighted by molar-refractivity contribution is 7.13. The predicted octanol–water partition coefficient (Wildman–Crippen LogP) is 2.70. The molecule has 1 heterocycles. The molecule has 4 nitrogen and oxygen atoms in total. The topological polar surface area (TPSA) is 51.2 Å². The van der Waals surface area contributed by atoms with E-state index in [9.17, 15) is 4.79 Å². The molecule has 0 unspecified atom stereocenters. The number of ether oxygens (including phenoxy) is 1. The van der Waals surface area contributed by atoms with Crippen molar-refractivity contribution in [1.29, 1.82) is 0 Å².